The van der Waals surface area contributed by atoms with Crippen LogP contribution >= 0.6 is 0 Å². The van der Waals surface area contributed by atoms with Gasteiger partial charge < -0.3 is 10.2 Å². The molecule has 10 heteroatoms. The van der Waals surface area contributed by atoms with E-state index in [-0.39, 0.29) is 55.3 Å². The monoisotopic (exact) mass is 454 g/mol. The van der Waals surface area contributed by atoms with Gasteiger partial charge in [0.25, 0.3) is 11.8 Å². The number of hydrogen-bond donors (Lipinski definition) is 2. The molecule has 170 valence electrons. The molecule has 8 nitrogen and oxygen atoms in total. The van der Waals surface area contributed by atoms with Crippen LogP contribution in [0.1, 0.15) is 63.7 Å². The number of nitrogens with zero attached hydrogens (tertiary/aromatic N) is 2. The Bertz CT molecular complexity index is 1180. The van der Waals surface area contributed by atoms with Gasteiger partial charge in [0.2, 0.25) is 11.8 Å². The van der Waals surface area contributed by atoms with Crippen molar-refractivity contribution in [2.24, 2.45) is 0 Å². The van der Waals surface area contributed by atoms with Gasteiger partial charge in [0, 0.05) is 24.1 Å². The van der Waals surface area contributed by atoms with Crippen molar-refractivity contribution in [2.45, 2.75) is 50.0 Å². The summed E-state index contributed by atoms with van der Waals surface area (Å²) in [6.07, 6.45) is 1.88. The normalized spacial score (nSPS) is 21.9. The quantitative estimate of drug-likeness (QED) is 0.672. The molecule has 1 aromatic carbocycles. The molecule has 2 fully saturated rings. The van der Waals surface area contributed by atoms with Crippen LogP contribution in [0.2, 0.25) is 0 Å². The molecule has 0 bridgehead atoms. The van der Waals surface area contributed by atoms with Crippen molar-refractivity contribution < 1.29 is 28.0 Å². The molecule has 1 aromatic heterocycles. The molecule has 1 saturated heterocycles. The zero-order chi connectivity index (χ0) is 23.3. The van der Waals surface area contributed by atoms with Gasteiger partial charge in [0.15, 0.2) is 0 Å². The lowest BCUT2D eigenvalue weighted by Crippen LogP contribution is -2.52. The molecule has 0 radical (unpaired) electrons. The summed E-state index contributed by atoms with van der Waals surface area (Å²) < 4.78 is 28.2. The van der Waals surface area contributed by atoms with Gasteiger partial charge in [0.05, 0.1) is 11.9 Å². The molecular weight excluding hydrogens is 434 g/mol. The molecule has 2 atom stereocenters. The number of nitrogens with one attached hydrogen (secondary N) is 2. The Morgan fingerprint density at radius 3 is 2.67 bits per heavy atom. The number of carbonyl (C=O) groups is 4. The number of amides is 4. The number of alkyl halides is 1. The van der Waals surface area contributed by atoms with Crippen LogP contribution in [-0.2, 0) is 16.1 Å². The second-order valence-corrected chi connectivity index (χ2v) is 8.61. The molecule has 2 N–H and O–H groups in total. The number of aromatic nitrogens is 1. The zero-order valence-electron chi connectivity index (χ0n) is 17.4. The van der Waals surface area contributed by atoms with Gasteiger partial charge in [-0.1, -0.05) is 0 Å². The minimum Gasteiger partial charge on any atom is -0.340 e. The molecule has 1 saturated carbocycles. The fourth-order valence-electron chi connectivity index (χ4n) is 4.36. The highest BCUT2D eigenvalue weighted by Gasteiger charge is 2.52. The van der Waals surface area contributed by atoms with Crippen molar-refractivity contribution in [2.75, 3.05) is 0 Å². The lowest BCUT2D eigenvalue weighted by atomic mass is 10.0. The Morgan fingerprint density at radius 1 is 1.21 bits per heavy atom. The van der Waals surface area contributed by atoms with Crippen molar-refractivity contribution in [3.63, 3.8) is 0 Å². The third-order valence-corrected chi connectivity index (χ3v) is 6.35. The van der Waals surface area contributed by atoms with E-state index in [0.29, 0.717) is 11.1 Å². The van der Waals surface area contributed by atoms with Gasteiger partial charge in [-0.3, -0.25) is 29.5 Å². The summed E-state index contributed by atoms with van der Waals surface area (Å²) in [6, 6.07) is 5.24. The fourth-order valence-corrected chi connectivity index (χ4v) is 4.36. The molecule has 5 rings (SSSR count). The first-order valence-corrected chi connectivity index (χ1v) is 10.6. The van der Waals surface area contributed by atoms with Crippen LogP contribution < -0.4 is 10.6 Å². The van der Waals surface area contributed by atoms with Gasteiger partial charge in [-0.05, 0) is 55.2 Å². The van der Waals surface area contributed by atoms with Crippen LogP contribution in [0.4, 0.5) is 8.78 Å². The topological polar surface area (TPSA) is 108 Å². The van der Waals surface area contributed by atoms with E-state index in [1.807, 2.05) is 0 Å². The van der Waals surface area contributed by atoms with E-state index in [1.165, 1.54) is 23.1 Å². The lowest BCUT2D eigenvalue weighted by molar-refractivity contribution is -0.136. The predicted octanol–water partition coefficient (Wildman–Crippen LogP) is 1.95. The smallest absolute Gasteiger partial charge is 0.255 e. The molecule has 1 unspecified atom stereocenters. The second-order valence-electron chi connectivity index (χ2n) is 8.61. The average Bonchev–Trinajstić information content (AvgIpc) is 3.46. The standard InChI is InChI=1S/C23H20F2N4O4/c24-14-2-4-16(26-10-14)19(23(25)7-8-23)28-20(31)12-1-3-15-13(9-12)11-29(22(15)33)17-5-6-18(30)27-21(17)32/h1-4,9-10,17,19H,5-8,11H2,(H,28,31)(H,27,30,32)/t17?,19-/m1/s1. The van der Waals surface area contributed by atoms with Crippen molar-refractivity contribution in [3.8, 4) is 0 Å². The summed E-state index contributed by atoms with van der Waals surface area (Å²) in [4.78, 5) is 54.7. The summed E-state index contributed by atoms with van der Waals surface area (Å²) in [5.74, 6) is -2.34. The van der Waals surface area contributed by atoms with E-state index in [4.69, 9.17) is 0 Å². The second kappa shape index (κ2) is 7.72. The first-order valence-electron chi connectivity index (χ1n) is 10.6. The number of rotatable bonds is 5. The number of imide groups is 1. The van der Waals surface area contributed by atoms with E-state index >= 15 is 0 Å². The maximum Gasteiger partial charge on any atom is 0.255 e. The van der Waals surface area contributed by atoms with Crippen LogP contribution in [0.15, 0.2) is 36.5 Å². The van der Waals surface area contributed by atoms with E-state index < -0.39 is 35.4 Å². The Balaban J connectivity index is 1.35. The van der Waals surface area contributed by atoms with Crippen molar-refractivity contribution >= 4 is 23.6 Å². The number of fused-ring (bicyclic) bond motifs is 1. The fraction of sp³-hybridized carbons (Fsp3) is 0.348. The number of piperidine rings is 1. The lowest BCUT2D eigenvalue weighted by Gasteiger charge is -2.29. The molecular formula is C23H20F2N4O4. The maximum absolute atomic E-state index is 15.0. The van der Waals surface area contributed by atoms with Crippen LogP contribution in [0.5, 0.6) is 0 Å². The van der Waals surface area contributed by atoms with Crippen LogP contribution in [-0.4, -0.2) is 45.2 Å². The summed E-state index contributed by atoms with van der Waals surface area (Å²) >= 11 is 0. The number of pyridine rings is 1. The molecule has 3 aliphatic rings. The summed E-state index contributed by atoms with van der Waals surface area (Å²) in [6.45, 7) is 0.123. The average molecular weight is 454 g/mol. The Kier molecular flexibility index (Phi) is 4.95. The Morgan fingerprint density at radius 2 is 2.00 bits per heavy atom. The number of halogens is 2. The van der Waals surface area contributed by atoms with Crippen molar-refractivity contribution in [1.29, 1.82) is 0 Å². The number of benzene rings is 1. The first kappa shape index (κ1) is 21.2. The van der Waals surface area contributed by atoms with E-state index in [2.05, 4.69) is 15.6 Å². The SMILES string of the molecule is O=C1CCC(N2Cc3cc(C(=O)N[C@H](c4ccc(F)cn4)C4(F)CC4)ccc3C2=O)C(=O)N1. The van der Waals surface area contributed by atoms with Gasteiger partial charge in [-0.25, -0.2) is 8.78 Å². The van der Waals surface area contributed by atoms with E-state index in [0.717, 1.165) is 12.3 Å². The molecule has 3 heterocycles. The van der Waals surface area contributed by atoms with Gasteiger partial charge in [0.1, 0.15) is 23.6 Å². The van der Waals surface area contributed by atoms with E-state index in [9.17, 15) is 28.0 Å². The van der Waals surface area contributed by atoms with Crippen LogP contribution in [0.3, 0.4) is 0 Å². The Labute approximate surface area is 187 Å². The third-order valence-electron chi connectivity index (χ3n) is 6.35. The summed E-state index contributed by atoms with van der Waals surface area (Å²) in [5.41, 5.74) is -0.254. The predicted molar refractivity (Wildman–Crippen MR) is 110 cm³/mol. The van der Waals surface area contributed by atoms with Crippen LogP contribution in [0, 0.1) is 5.82 Å². The van der Waals surface area contributed by atoms with Gasteiger partial charge in [-0.2, -0.15) is 0 Å². The molecule has 1 aliphatic carbocycles. The molecule has 0 spiro atoms. The summed E-state index contributed by atoms with van der Waals surface area (Å²) in [5, 5.41) is 4.90. The molecule has 2 aliphatic heterocycles. The first-order chi connectivity index (χ1) is 15.7. The van der Waals surface area contributed by atoms with Gasteiger partial charge >= 0.3 is 0 Å². The summed E-state index contributed by atoms with van der Waals surface area (Å²) in [7, 11) is 0. The Hall–Kier alpha value is -3.69. The van der Waals surface area contributed by atoms with Gasteiger partial charge in [-0.15, -0.1) is 0 Å². The van der Waals surface area contributed by atoms with Crippen molar-refractivity contribution in [3.05, 3.63) is 64.7 Å². The minimum absolute atomic E-state index is 0.123. The molecule has 4 amide bonds. The molecule has 33 heavy (non-hydrogen) atoms. The largest absolute Gasteiger partial charge is 0.340 e. The number of carbonyl (C=O) groups excluding carboxylic acids is 4. The highest BCUT2D eigenvalue weighted by atomic mass is 19.1. The van der Waals surface area contributed by atoms with E-state index in [1.54, 1.807) is 6.07 Å². The molecule has 2 aromatic rings. The highest BCUT2D eigenvalue weighted by Crippen LogP contribution is 2.49. The maximum atomic E-state index is 15.0. The van der Waals surface area contributed by atoms with Crippen molar-refractivity contribution in [1.82, 2.24) is 20.5 Å². The van der Waals surface area contributed by atoms with Crippen LogP contribution in [0.25, 0.3) is 0 Å². The third kappa shape index (κ3) is 3.85. The zero-order valence-corrected chi connectivity index (χ0v) is 17.4. The minimum atomic E-state index is -1.64. The number of hydrogen-bond acceptors (Lipinski definition) is 5. The highest BCUT2D eigenvalue weighted by molar-refractivity contribution is 6.06.